The number of carbonyl (C=O) groups excluding carboxylic acids is 2. The molecule has 40 heavy (non-hydrogen) atoms. The molecule has 0 spiro atoms. The normalized spacial score (nSPS) is 17.1. The van der Waals surface area contributed by atoms with Crippen LogP contribution in [0.4, 0.5) is 5.69 Å². The van der Waals surface area contributed by atoms with Crippen molar-refractivity contribution in [1.82, 2.24) is 10.2 Å². The second-order valence-electron chi connectivity index (χ2n) is 10.7. The molecule has 0 saturated heterocycles. The standard InChI is InChI=1S/C31H36ClN3O4S/c1-2-26(31(37)33-24-14-4-3-5-15-24)34(21-23-11-6-7-16-25(23)32)29(36)19-10-20-35-27-17-8-12-22-13-9-18-28(30(22)27)40(35,38)39/h6-9,11-13,16-18,24,26H,2-5,10,14-15,19-21H2,1H3,(H,33,37). The molecule has 1 unspecified atom stereocenters. The summed E-state index contributed by atoms with van der Waals surface area (Å²) < 4.78 is 28.1. The predicted octanol–water partition coefficient (Wildman–Crippen LogP) is 6.04. The number of anilines is 1. The van der Waals surface area contributed by atoms with E-state index in [9.17, 15) is 18.0 Å². The fourth-order valence-corrected chi connectivity index (χ4v) is 7.93. The minimum Gasteiger partial charge on any atom is -0.352 e. The van der Waals surface area contributed by atoms with Gasteiger partial charge >= 0.3 is 0 Å². The molecule has 1 atom stereocenters. The first kappa shape index (κ1) is 28.4. The summed E-state index contributed by atoms with van der Waals surface area (Å²) in [5, 5.41) is 5.32. The van der Waals surface area contributed by atoms with Gasteiger partial charge in [0.2, 0.25) is 11.8 Å². The van der Waals surface area contributed by atoms with Crippen LogP contribution in [-0.4, -0.2) is 43.8 Å². The molecule has 9 heteroatoms. The molecular weight excluding hydrogens is 546 g/mol. The number of hydrogen-bond acceptors (Lipinski definition) is 4. The molecule has 1 heterocycles. The van der Waals surface area contributed by atoms with Gasteiger partial charge in [0.1, 0.15) is 6.04 Å². The van der Waals surface area contributed by atoms with E-state index < -0.39 is 16.1 Å². The largest absolute Gasteiger partial charge is 0.352 e. The first-order chi connectivity index (χ1) is 19.3. The van der Waals surface area contributed by atoms with Gasteiger partial charge in [-0.15, -0.1) is 0 Å². The molecule has 3 aromatic rings. The van der Waals surface area contributed by atoms with E-state index in [1.165, 1.54) is 10.7 Å². The van der Waals surface area contributed by atoms with Crippen LogP contribution in [0.2, 0.25) is 5.02 Å². The monoisotopic (exact) mass is 581 g/mol. The lowest BCUT2D eigenvalue weighted by atomic mass is 9.95. The molecule has 3 aromatic carbocycles. The molecule has 1 aliphatic carbocycles. The number of sulfonamides is 1. The molecule has 0 bridgehead atoms. The lowest BCUT2D eigenvalue weighted by Gasteiger charge is -2.33. The Morgan fingerprint density at radius 2 is 1.75 bits per heavy atom. The zero-order chi connectivity index (χ0) is 28.3. The van der Waals surface area contributed by atoms with Gasteiger partial charge in [0.05, 0.1) is 10.6 Å². The van der Waals surface area contributed by atoms with Crippen LogP contribution in [0.3, 0.4) is 0 Å². The highest BCUT2D eigenvalue weighted by atomic mass is 35.5. The maximum Gasteiger partial charge on any atom is 0.265 e. The van der Waals surface area contributed by atoms with Crippen LogP contribution in [0.5, 0.6) is 0 Å². The van der Waals surface area contributed by atoms with Gasteiger partial charge in [0.15, 0.2) is 0 Å². The van der Waals surface area contributed by atoms with E-state index in [2.05, 4.69) is 5.32 Å². The number of benzene rings is 3. The molecule has 2 aliphatic rings. The van der Waals surface area contributed by atoms with Gasteiger partial charge in [-0.3, -0.25) is 13.9 Å². The molecule has 0 radical (unpaired) electrons. The van der Waals surface area contributed by atoms with Crippen LogP contribution >= 0.6 is 11.6 Å². The fourth-order valence-electron chi connectivity index (χ4n) is 5.99. The number of nitrogens with one attached hydrogen (secondary N) is 1. The summed E-state index contributed by atoms with van der Waals surface area (Å²) in [7, 11) is -3.69. The third kappa shape index (κ3) is 5.70. The first-order valence-electron chi connectivity index (χ1n) is 14.2. The summed E-state index contributed by atoms with van der Waals surface area (Å²) in [6.45, 7) is 2.29. The predicted molar refractivity (Wildman–Crippen MR) is 159 cm³/mol. The Morgan fingerprint density at radius 3 is 2.48 bits per heavy atom. The summed E-state index contributed by atoms with van der Waals surface area (Å²) in [4.78, 5) is 29.1. The van der Waals surface area contributed by atoms with Gasteiger partial charge in [-0.05, 0) is 54.8 Å². The van der Waals surface area contributed by atoms with Gasteiger partial charge in [-0.1, -0.05) is 80.3 Å². The van der Waals surface area contributed by atoms with Gasteiger partial charge in [0, 0.05) is 36.0 Å². The smallest absolute Gasteiger partial charge is 0.265 e. The highest BCUT2D eigenvalue weighted by molar-refractivity contribution is 7.93. The Bertz CT molecular complexity index is 1500. The second kappa shape index (κ2) is 12.2. The minimum atomic E-state index is -3.69. The zero-order valence-electron chi connectivity index (χ0n) is 22.8. The van der Waals surface area contributed by atoms with Gasteiger partial charge < -0.3 is 10.2 Å². The Morgan fingerprint density at radius 1 is 1.02 bits per heavy atom. The minimum absolute atomic E-state index is 0.107. The van der Waals surface area contributed by atoms with Crippen molar-refractivity contribution in [1.29, 1.82) is 0 Å². The summed E-state index contributed by atoms with van der Waals surface area (Å²) in [6.07, 6.45) is 6.19. The van der Waals surface area contributed by atoms with Crippen LogP contribution < -0.4 is 9.62 Å². The number of halogens is 1. The maximum atomic E-state index is 13.7. The van der Waals surface area contributed by atoms with Gasteiger partial charge in [-0.2, -0.15) is 0 Å². The van der Waals surface area contributed by atoms with Gasteiger partial charge in [0.25, 0.3) is 10.0 Å². The Hall–Kier alpha value is -3.10. The zero-order valence-corrected chi connectivity index (χ0v) is 24.4. The SMILES string of the molecule is CCC(C(=O)NC1CCCCC1)N(Cc1ccccc1Cl)C(=O)CCCN1c2cccc3cccc(c23)S1(=O)=O. The molecule has 5 rings (SSSR count). The summed E-state index contributed by atoms with van der Waals surface area (Å²) >= 11 is 6.45. The van der Waals surface area contributed by atoms with Crippen molar-refractivity contribution < 1.29 is 18.0 Å². The fraction of sp³-hybridized carbons (Fsp3) is 0.419. The number of carbonyl (C=O) groups is 2. The highest BCUT2D eigenvalue weighted by Crippen LogP contribution is 2.42. The molecule has 1 fully saturated rings. The molecule has 1 saturated carbocycles. The highest BCUT2D eigenvalue weighted by Gasteiger charge is 2.36. The summed E-state index contributed by atoms with van der Waals surface area (Å²) in [5.74, 6) is -0.336. The first-order valence-corrected chi connectivity index (χ1v) is 16.0. The van der Waals surface area contributed by atoms with E-state index in [-0.39, 0.29) is 37.4 Å². The number of amides is 2. The second-order valence-corrected chi connectivity index (χ2v) is 12.9. The van der Waals surface area contributed by atoms with Crippen LogP contribution in [0, 0.1) is 0 Å². The van der Waals surface area contributed by atoms with E-state index in [1.807, 2.05) is 49.4 Å². The van der Waals surface area contributed by atoms with Crippen LogP contribution in [0.15, 0.2) is 65.6 Å². The molecular formula is C31H36ClN3O4S. The topological polar surface area (TPSA) is 86.8 Å². The Labute approximate surface area is 241 Å². The average Bonchev–Trinajstić information content (AvgIpc) is 3.17. The van der Waals surface area contributed by atoms with E-state index in [4.69, 9.17) is 11.6 Å². The van der Waals surface area contributed by atoms with Crippen molar-refractivity contribution in [2.45, 2.75) is 81.8 Å². The summed E-state index contributed by atoms with van der Waals surface area (Å²) in [5.41, 5.74) is 1.41. The van der Waals surface area contributed by atoms with E-state index in [0.717, 1.165) is 42.0 Å². The summed E-state index contributed by atoms with van der Waals surface area (Å²) in [6, 6.07) is 17.7. The third-order valence-electron chi connectivity index (χ3n) is 8.07. The van der Waals surface area contributed by atoms with Gasteiger partial charge in [-0.25, -0.2) is 8.42 Å². The van der Waals surface area contributed by atoms with Crippen molar-refractivity contribution in [3.63, 3.8) is 0 Å². The molecule has 7 nitrogen and oxygen atoms in total. The maximum absolute atomic E-state index is 13.7. The van der Waals surface area contributed by atoms with E-state index in [1.54, 1.807) is 23.1 Å². The van der Waals surface area contributed by atoms with E-state index in [0.29, 0.717) is 28.4 Å². The molecule has 0 aromatic heterocycles. The van der Waals surface area contributed by atoms with Crippen LogP contribution in [0.1, 0.15) is 63.9 Å². The van der Waals surface area contributed by atoms with Crippen LogP contribution in [0.25, 0.3) is 10.8 Å². The van der Waals surface area contributed by atoms with Crippen molar-refractivity contribution in [3.8, 4) is 0 Å². The van der Waals surface area contributed by atoms with E-state index >= 15 is 0 Å². The van der Waals surface area contributed by atoms with Crippen molar-refractivity contribution >= 4 is 49.9 Å². The lowest BCUT2D eigenvalue weighted by molar-refractivity contribution is -0.141. The number of rotatable bonds is 10. The molecule has 2 amide bonds. The molecule has 1 aliphatic heterocycles. The lowest BCUT2D eigenvalue weighted by Crippen LogP contribution is -2.51. The number of hydrogen-bond donors (Lipinski definition) is 1. The molecule has 212 valence electrons. The molecule has 1 N–H and O–H groups in total. The quantitative estimate of drug-likeness (QED) is 0.316. The van der Waals surface area contributed by atoms with Crippen molar-refractivity contribution in [2.24, 2.45) is 0 Å². The Balaban J connectivity index is 1.32. The number of nitrogens with zero attached hydrogens (tertiary/aromatic N) is 2. The Kier molecular flexibility index (Phi) is 8.66. The average molecular weight is 582 g/mol. The van der Waals surface area contributed by atoms with Crippen molar-refractivity contribution in [2.75, 3.05) is 10.8 Å². The third-order valence-corrected chi connectivity index (χ3v) is 10.3. The van der Waals surface area contributed by atoms with Crippen molar-refractivity contribution in [3.05, 3.63) is 71.2 Å². The van der Waals surface area contributed by atoms with Crippen LogP contribution in [-0.2, 0) is 26.2 Å².